The first kappa shape index (κ1) is 10.3. The van der Waals surface area contributed by atoms with Crippen LogP contribution in [-0.4, -0.2) is 25.6 Å². The lowest BCUT2D eigenvalue weighted by atomic mass is 10.2. The molecule has 78 valence electrons. The van der Waals surface area contributed by atoms with Gasteiger partial charge in [-0.05, 0) is 18.2 Å². The monoisotopic (exact) mass is 221 g/mol. The van der Waals surface area contributed by atoms with Crippen LogP contribution in [-0.2, 0) is 4.74 Å². The minimum Gasteiger partial charge on any atom is -0.497 e. The molecule has 1 fully saturated rings. The first-order chi connectivity index (χ1) is 7.33. The van der Waals surface area contributed by atoms with E-state index in [0.29, 0.717) is 10.8 Å². The van der Waals surface area contributed by atoms with Crippen molar-refractivity contribution in [3.63, 3.8) is 0 Å². The molecule has 15 heavy (non-hydrogen) atoms. The maximum atomic E-state index is 8.95. The van der Waals surface area contributed by atoms with Crippen LogP contribution in [0, 0.1) is 11.3 Å². The van der Waals surface area contributed by atoms with Crippen LogP contribution in [0.4, 0.5) is 0 Å². The Hall–Kier alpha value is -1.18. The van der Waals surface area contributed by atoms with Crippen LogP contribution in [0.2, 0.25) is 0 Å². The standard InChI is InChI=1S/C11H11NO2S/c1-13-9-3-2-8(5-12)11(4-9)15-10-6-14-7-10/h2-4,10H,6-7H2,1H3. The number of hydrogen-bond donors (Lipinski definition) is 0. The van der Waals surface area contributed by atoms with Crippen molar-refractivity contribution in [1.82, 2.24) is 0 Å². The third-order valence-electron chi connectivity index (χ3n) is 2.21. The number of benzene rings is 1. The number of hydrogen-bond acceptors (Lipinski definition) is 4. The average molecular weight is 221 g/mol. The molecule has 0 atom stereocenters. The van der Waals surface area contributed by atoms with E-state index in [1.54, 1.807) is 31.0 Å². The Morgan fingerprint density at radius 2 is 2.33 bits per heavy atom. The zero-order chi connectivity index (χ0) is 10.7. The van der Waals surface area contributed by atoms with Gasteiger partial charge < -0.3 is 9.47 Å². The molecule has 0 N–H and O–H groups in total. The molecular formula is C11H11NO2S. The largest absolute Gasteiger partial charge is 0.497 e. The van der Waals surface area contributed by atoms with Gasteiger partial charge in [0.15, 0.2) is 0 Å². The molecular weight excluding hydrogens is 210 g/mol. The highest BCUT2D eigenvalue weighted by atomic mass is 32.2. The van der Waals surface area contributed by atoms with Crippen LogP contribution >= 0.6 is 11.8 Å². The van der Waals surface area contributed by atoms with Gasteiger partial charge in [0, 0.05) is 4.90 Å². The smallest absolute Gasteiger partial charge is 0.120 e. The summed E-state index contributed by atoms with van der Waals surface area (Å²) in [6.45, 7) is 1.54. The molecule has 4 heteroatoms. The van der Waals surface area contributed by atoms with Gasteiger partial charge in [0.25, 0.3) is 0 Å². The average Bonchev–Trinajstić information content (AvgIpc) is 2.23. The van der Waals surface area contributed by atoms with Crippen LogP contribution in [0.5, 0.6) is 5.75 Å². The highest BCUT2D eigenvalue weighted by molar-refractivity contribution is 8.00. The number of nitriles is 1. The normalized spacial score (nSPS) is 15.5. The van der Waals surface area contributed by atoms with Gasteiger partial charge in [-0.3, -0.25) is 0 Å². The van der Waals surface area contributed by atoms with Gasteiger partial charge in [-0.1, -0.05) is 0 Å². The Labute approximate surface area is 93.0 Å². The third-order valence-corrected chi connectivity index (χ3v) is 3.41. The van der Waals surface area contributed by atoms with Crippen LogP contribution in [0.1, 0.15) is 5.56 Å². The Bertz CT molecular complexity index is 396. The molecule has 2 rings (SSSR count). The van der Waals surface area contributed by atoms with Crippen molar-refractivity contribution in [2.24, 2.45) is 0 Å². The Kier molecular flexibility index (Phi) is 3.14. The van der Waals surface area contributed by atoms with E-state index in [4.69, 9.17) is 14.7 Å². The summed E-state index contributed by atoms with van der Waals surface area (Å²) in [7, 11) is 1.63. The van der Waals surface area contributed by atoms with E-state index < -0.39 is 0 Å². The highest BCUT2D eigenvalue weighted by Gasteiger charge is 2.21. The predicted octanol–water partition coefficient (Wildman–Crippen LogP) is 2.06. The van der Waals surface area contributed by atoms with Gasteiger partial charge in [-0.25, -0.2) is 0 Å². The molecule has 0 spiro atoms. The summed E-state index contributed by atoms with van der Waals surface area (Å²) in [5, 5.41) is 9.43. The van der Waals surface area contributed by atoms with Gasteiger partial charge >= 0.3 is 0 Å². The molecule has 0 aromatic heterocycles. The highest BCUT2D eigenvalue weighted by Crippen LogP contribution is 2.32. The van der Waals surface area contributed by atoms with E-state index >= 15 is 0 Å². The molecule has 1 aliphatic heterocycles. The van der Waals surface area contributed by atoms with Crippen molar-refractivity contribution < 1.29 is 9.47 Å². The van der Waals surface area contributed by atoms with Crippen LogP contribution < -0.4 is 4.74 Å². The zero-order valence-corrected chi connectivity index (χ0v) is 9.21. The summed E-state index contributed by atoms with van der Waals surface area (Å²) in [5.41, 5.74) is 0.702. The fourth-order valence-electron chi connectivity index (χ4n) is 1.28. The maximum absolute atomic E-state index is 8.95. The second kappa shape index (κ2) is 4.56. The minimum atomic E-state index is 0.476. The molecule has 0 unspecified atom stereocenters. The lowest BCUT2D eigenvalue weighted by Gasteiger charge is -2.25. The molecule has 0 aliphatic carbocycles. The zero-order valence-electron chi connectivity index (χ0n) is 8.40. The lowest BCUT2D eigenvalue weighted by Crippen LogP contribution is -2.30. The topological polar surface area (TPSA) is 42.2 Å². The van der Waals surface area contributed by atoms with Crippen LogP contribution in [0.3, 0.4) is 0 Å². The van der Waals surface area contributed by atoms with Gasteiger partial charge in [0.2, 0.25) is 0 Å². The maximum Gasteiger partial charge on any atom is 0.120 e. The lowest BCUT2D eigenvalue weighted by molar-refractivity contribution is 0.0455. The molecule has 1 aromatic carbocycles. The number of ether oxygens (including phenoxy) is 2. The van der Waals surface area contributed by atoms with Crippen molar-refractivity contribution in [2.75, 3.05) is 20.3 Å². The Morgan fingerprint density at radius 3 is 2.87 bits per heavy atom. The summed E-state index contributed by atoms with van der Waals surface area (Å²) >= 11 is 1.68. The fourth-order valence-corrected chi connectivity index (χ4v) is 2.39. The van der Waals surface area contributed by atoms with E-state index in [9.17, 15) is 0 Å². The van der Waals surface area contributed by atoms with Gasteiger partial charge in [0.1, 0.15) is 11.8 Å². The van der Waals surface area contributed by atoms with E-state index in [1.807, 2.05) is 6.07 Å². The van der Waals surface area contributed by atoms with Gasteiger partial charge in [0.05, 0.1) is 31.1 Å². The summed E-state index contributed by atoms with van der Waals surface area (Å²) in [6.07, 6.45) is 0. The van der Waals surface area contributed by atoms with E-state index in [0.717, 1.165) is 23.9 Å². The molecule has 3 nitrogen and oxygen atoms in total. The second-order valence-electron chi connectivity index (χ2n) is 3.25. The van der Waals surface area contributed by atoms with Gasteiger partial charge in [-0.15, -0.1) is 11.8 Å². The predicted molar refractivity (Wildman–Crippen MR) is 58.2 cm³/mol. The number of methoxy groups -OCH3 is 1. The number of nitrogens with zero attached hydrogens (tertiary/aromatic N) is 1. The number of thioether (sulfide) groups is 1. The first-order valence-electron chi connectivity index (χ1n) is 4.66. The molecule has 1 aliphatic rings. The molecule has 0 saturated carbocycles. The van der Waals surface area contributed by atoms with Crippen molar-refractivity contribution in [3.8, 4) is 11.8 Å². The Balaban J connectivity index is 2.21. The third kappa shape index (κ3) is 2.25. The summed E-state index contributed by atoms with van der Waals surface area (Å²) in [6, 6.07) is 7.69. The molecule has 1 saturated heterocycles. The van der Waals surface area contributed by atoms with Crippen molar-refractivity contribution in [1.29, 1.82) is 5.26 Å². The van der Waals surface area contributed by atoms with Crippen molar-refractivity contribution in [3.05, 3.63) is 23.8 Å². The van der Waals surface area contributed by atoms with Gasteiger partial charge in [-0.2, -0.15) is 5.26 Å². The SMILES string of the molecule is COc1ccc(C#N)c(SC2COC2)c1. The first-order valence-corrected chi connectivity index (χ1v) is 5.54. The number of rotatable bonds is 3. The van der Waals surface area contributed by atoms with Crippen molar-refractivity contribution >= 4 is 11.8 Å². The minimum absolute atomic E-state index is 0.476. The summed E-state index contributed by atoms with van der Waals surface area (Å²) < 4.78 is 10.2. The Morgan fingerprint density at radius 1 is 1.53 bits per heavy atom. The molecule has 1 heterocycles. The molecule has 0 amide bonds. The van der Waals surface area contributed by atoms with Crippen molar-refractivity contribution in [2.45, 2.75) is 10.1 Å². The molecule has 1 aromatic rings. The fraction of sp³-hybridized carbons (Fsp3) is 0.364. The van der Waals surface area contributed by atoms with E-state index in [2.05, 4.69) is 6.07 Å². The molecule has 0 bridgehead atoms. The van der Waals surface area contributed by atoms with Crippen LogP contribution in [0.15, 0.2) is 23.1 Å². The second-order valence-corrected chi connectivity index (χ2v) is 4.59. The summed E-state index contributed by atoms with van der Waals surface area (Å²) in [5.74, 6) is 0.789. The van der Waals surface area contributed by atoms with E-state index in [-0.39, 0.29) is 0 Å². The summed E-state index contributed by atoms with van der Waals surface area (Å²) in [4.78, 5) is 0.977. The van der Waals surface area contributed by atoms with Crippen LogP contribution in [0.25, 0.3) is 0 Å². The van der Waals surface area contributed by atoms with E-state index in [1.165, 1.54) is 0 Å². The molecule has 0 radical (unpaired) electrons. The quantitative estimate of drug-likeness (QED) is 0.783.